The third-order valence-electron chi connectivity index (χ3n) is 4.35. The molecule has 0 aliphatic carbocycles. The maximum atomic E-state index is 12.1. The van der Waals surface area contributed by atoms with Crippen molar-refractivity contribution < 1.29 is 18.7 Å². The van der Waals surface area contributed by atoms with Gasteiger partial charge in [0, 0.05) is 13.1 Å². The predicted octanol–water partition coefficient (Wildman–Crippen LogP) is 2.28. The first-order chi connectivity index (χ1) is 13.5. The Balaban J connectivity index is 1.45. The SMILES string of the molecule is C[C@@H](OC(=O)CCn1c(=O)oc2ccccc21)C(=O)NCCc1ccccc1. The van der Waals surface area contributed by atoms with Gasteiger partial charge in [0.15, 0.2) is 11.7 Å². The lowest BCUT2D eigenvalue weighted by atomic mass is 10.1. The molecule has 146 valence electrons. The number of nitrogens with zero attached hydrogens (tertiary/aromatic N) is 1. The number of amides is 1. The quantitative estimate of drug-likeness (QED) is 0.604. The molecule has 0 spiro atoms. The number of benzene rings is 2. The highest BCUT2D eigenvalue weighted by molar-refractivity contribution is 5.83. The number of nitrogens with one attached hydrogen (secondary N) is 1. The zero-order chi connectivity index (χ0) is 19.9. The fraction of sp³-hybridized carbons (Fsp3) is 0.286. The molecule has 1 atom stereocenters. The van der Waals surface area contributed by atoms with Gasteiger partial charge >= 0.3 is 11.7 Å². The van der Waals surface area contributed by atoms with E-state index >= 15 is 0 Å². The van der Waals surface area contributed by atoms with Gasteiger partial charge < -0.3 is 14.5 Å². The van der Waals surface area contributed by atoms with Crippen molar-refractivity contribution in [3.63, 3.8) is 0 Å². The fourth-order valence-corrected chi connectivity index (χ4v) is 2.86. The van der Waals surface area contributed by atoms with Gasteiger partial charge in [0.1, 0.15) is 0 Å². The van der Waals surface area contributed by atoms with Crippen LogP contribution >= 0.6 is 0 Å². The Bertz CT molecular complexity index is 1010. The van der Waals surface area contributed by atoms with E-state index in [2.05, 4.69) is 5.32 Å². The number of oxazole rings is 1. The smallest absolute Gasteiger partial charge is 0.419 e. The van der Waals surface area contributed by atoms with E-state index in [4.69, 9.17) is 9.15 Å². The number of rotatable bonds is 8. The van der Waals surface area contributed by atoms with Crippen molar-refractivity contribution in [2.24, 2.45) is 0 Å². The molecular weight excluding hydrogens is 360 g/mol. The van der Waals surface area contributed by atoms with Gasteiger partial charge in [-0.3, -0.25) is 14.2 Å². The first-order valence-electron chi connectivity index (χ1n) is 9.14. The van der Waals surface area contributed by atoms with Crippen molar-refractivity contribution >= 4 is 23.0 Å². The van der Waals surface area contributed by atoms with Gasteiger partial charge in [-0.05, 0) is 31.0 Å². The summed E-state index contributed by atoms with van der Waals surface area (Å²) in [5.74, 6) is -1.43. The molecule has 0 fully saturated rings. The van der Waals surface area contributed by atoms with Crippen LogP contribution in [0.1, 0.15) is 18.9 Å². The molecule has 1 heterocycles. The summed E-state index contributed by atoms with van der Waals surface area (Å²) in [6.07, 6.45) is -0.240. The second-order valence-electron chi connectivity index (χ2n) is 6.40. The molecule has 1 aromatic heterocycles. The molecule has 0 saturated heterocycles. The van der Waals surface area contributed by atoms with Gasteiger partial charge in [-0.25, -0.2) is 4.79 Å². The predicted molar refractivity (Wildman–Crippen MR) is 104 cm³/mol. The zero-order valence-corrected chi connectivity index (χ0v) is 15.6. The Morgan fingerprint density at radius 2 is 1.82 bits per heavy atom. The van der Waals surface area contributed by atoms with Gasteiger partial charge in [0.2, 0.25) is 0 Å². The number of hydrogen-bond acceptors (Lipinski definition) is 5. The molecule has 2 aromatic carbocycles. The van der Waals surface area contributed by atoms with Crippen LogP contribution in [0.4, 0.5) is 0 Å². The van der Waals surface area contributed by atoms with Gasteiger partial charge in [0.25, 0.3) is 5.91 Å². The summed E-state index contributed by atoms with van der Waals surface area (Å²) in [6, 6.07) is 16.8. The van der Waals surface area contributed by atoms with Crippen molar-refractivity contribution in [1.29, 1.82) is 0 Å². The molecule has 0 radical (unpaired) electrons. The zero-order valence-electron chi connectivity index (χ0n) is 15.6. The third kappa shape index (κ3) is 4.88. The van der Waals surface area contributed by atoms with Crippen molar-refractivity contribution in [3.05, 3.63) is 70.7 Å². The maximum Gasteiger partial charge on any atom is 0.419 e. The molecule has 0 bridgehead atoms. The van der Waals surface area contributed by atoms with Crippen molar-refractivity contribution in [2.75, 3.05) is 6.54 Å². The number of hydrogen-bond donors (Lipinski definition) is 1. The fourth-order valence-electron chi connectivity index (χ4n) is 2.86. The monoisotopic (exact) mass is 382 g/mol. The number of aryl methyl sites for hydroxylation is 1. The Hall–Kier alpha value is -3.35. The lowest BCUT2D eigenvalue weighted by molar-refractivity contribution is -0.155. The summed E-state index contributed by atoms with van der Waals surface area (Å²) in [7, 11) is 0. The number of ether oxygens (including phenoxy) is 1. The minimum atomic E-state index is -0.902. The summed E-state index contributed by atoms with van der Waals surface area (Å²) < 4.78 is 11.7. The summed E-state index contributed by atoms with van der Waals surface area (Å²) in [4.78, 5) is 36.0. The number of carbonyl (C=O) groups is 2. The Morgan fingerprint density at radius 3 is 2.61 bits per heavy atom. The second-order valence-corrected chi connectivity index (χ2v) is 6.40. The van der Waals surface area contributed by atoms with Crippen LogP contribution in [0.25, 0.3) is 11.1 Å². The number of para-hydroxylation sites is 2. The molecule has 1 N–H and O–H groups in total. The van der Waals surface area contributed by atoms with Crippen molar-refractivity contribution in [3.8, 4) is 0 Å². The third-order valence-corrected chi connectivity index (χ3v) is 4.35. The Morgan fingerprint density at radius 1 is 1.11 bits per heavy atom. The lowest BCUT2D eigenvalue weighted by Gasteiger charge is -2.13. The average molecular weight is 382 g/mol. The standard InChI is InChI=1S/C21H22N2O5/c1-15(20(25)22-13-11-16-7-3-2-4-8-16)27-19(24)12-14-23-17-9-5-6-10-18(17)28-21(23)26/h2-10,15H,11-14H2,1H3,(H,22,25)/t15-/m1/s1. The molecule has 0 unspecified atom stereocenters. The molecule has 28 heavy (non-hydrogen) atoms. The number of esters is 1. The van der Waals surface area contributed by atoms with Crippen LogP contribution in [0.3, 0.4) is 0 Å². The van der Waals surface area contributed by atoms with Gasteiger partial charge in [0.05, 0.1) is 11.9 Å². The van der Waals surface area contributed by atoms with E-state index in [1.807, 2.05) is 30.3 Å². The van der Waals surface area contributed by atoms with E-state index in [1.54, 1.807) is 24.3 Å². The van der Waals surface area contributed by atoms with Crippen LogP contribution in [-0.4, -0.2) is 29.1 Å². The normalized spacial score (nSPS) is 11.9. The minimum Gasteiger partial charge on any atom is -0.452 e. The molecule has 7 heteroatoms. The number of aromatic nitrogens is 1. The molecule has 3 aromatic rings. The summed E-state index contributed by atoms with van der Waals surface area (Å²) in [5.41, 5.74) is 2.20. The minimum absolute atomic E-state index is 0.0366. The van der Waals surface area contributed by atoms with Crippen LogP contribution in [0.5, 0.6) is 0 Å². The molecule has 0 saturated carbocycles. The second kappa shape index (κ2) is 9.03. The number of fused-ring (bicyclic) bond motifs is 1. The Kier molecular flexibility index (Phi) is 6.26. The summed E-state index contributed by atoms with van der Waals surface area (Å²) >= 11 is 0. The first kappa shape index (κ1) is 19.4. The first-order valence-corrected chi connectivity index (χ1v) is 9.14. The molecule has 0 aliphatic heterocycles. The average Bonchev–Trinajstić information content (AvgIpc) is 3.02. The van der Waals surface area contributed by atoms with Crippen LogP contribution in [0.2, 0.25) is 0 Å². The van der Waals surface area contributed by atoms with Gasteiger partial charge in [-0.15, -0.1) is 0 Å². The van der Waals surface area contributed by atoms with E-state index in [1.165, 1.54) is 11.5 Å². The Labute approximate surface area is 161 Å². The van der Waals surface area contributed by atoms with Gasteiger partial charge in [-0.1, -0.05) is 42.5 Å². The molecule has 3 rings (SSSR count). The highest BCUT2D eigenvalue weighted by Gasteiger charge is 2.18. The van der Waals surface area contributed by atoms with Crippen LogP contribution in [0.15, 0.2) is 63.8 Å². The topological polar surface area (TPSA) is 90.5 Å². The van der Waals surface area contributed by atoms with E-state index in [-0.39, 0.29) is 18.9 Å². The molecular formula is C21H22N2O5. The van der Waals surface area contributed by atoms with Gasteiger partial charge in [-0.2, -0.15) is 0 Å². The van der Waals surface area contributed by atoms with E-state index < -0.39 is 17.8 Å². The van der Waals surface area contributed by atoms with Crippen LogP contribution in [-0.2, 0) is 27.3 Å². The highest BCUT2D eigenvalue weighted by atomic mass is 16.5. The van der Waals surface area contributed by atoms with Crippen molar-refractivity contribution in [2.45, 2.75) is 32.4 Å². The molecule has 1 amide bonds. The maximum absolute atomic E-state index is 12.1. The largest absolute Gasteiger partial charge is 0.452 e. The summed E-state index contributed by atoms with van der Waals surface area (Å²) in [6.45, 7) is 2.10. The van der Waals surface area contributed by atoms with Crippen LogP contribution < -0.4 is 11.1 Å². The number of carbonyl (C=O) groups excluding carboxylic acids is 2. The van der Waals surface area contributed by atoms with E-state index in [9.17, 15) is 14.4 Å². The highest BCUT2D eigenvalue weighted by Crippen LogP contribution is 2.12. The lowest BCUT2D eigenvalue weighted by Crippen LogP contribution is -2.37. The molecule has 7 nitrogen and oxygen atoms in total. The van der Waals surface area contributed by atoms with E-state index in [0.717, 1.165) is 5.56 Å². The van der Waals surface area contributed by atoms with Crippen LogP contribution in [0, 0.1) is 0 Å². The molecule has 0 aliphatic rings. The summed E-state index contributed by atoms with van der Waals surface area (Å²) in [5, 5.41) is 2.75. The van der Waals surface area contributed by atoms with Crippen molar-refractivity contribution in [1.82, 2.24) is 9.88 Å². The van der Waals surface area contributed by atoms with E-state index in [0.29, 0.717) is 24.1 Å².